The molecule has 1 aromatic rings. The van der Waals surface area contributed by atoms with E-state index in [-0.39, 0.29) is 5.78 Å². The Kier molecular flexibility index (Phi) is 3.99. The number of rotatable bonds is 4. The molecule has 1 N–H and O–H groups in total. The Morgan fingerprint density at radius 2 is 2.19 bits per heavy atom. The molecule has 0 amide bonds. The predicted molar refractivity (Wildman–Crippen MR) is 70.9 cm³/mol. The molecule has 16 heavy (non-hydrogen) atoms. The van der Waals surface area contributed by atoms with Gasteiger partial charge >= 0.3 is 0 Å². The number of anilines is 1. The van der Waals surface area contributed by atoms with Crippen molar-refractivity contribution in [2.45, 2.75) is 13.8 Å². The van der Waals surface area contributed by atoms with E-state index in [1.54, 1.807) is 25.1 Å². The van der Waals surface area contributed by atoms with Gasteiger partial charge in [0.25, 0.3) is 0 Å². The van der Waals surface area contributed by atoms with Crippen molar-refractivity contribution < 1.29 is 9.00 Å². The zero-order valence-corrected chi connectivity index (χ0v) is 10.8. The van der Waals surface area contributed by atoms with Crippen molar-refractivity contribution in [3.05, 3.63) is 28.8 Å². The lowest BCUT2D eigenvalue weighted by Crippen LogP contribution is -2.16. The van der Waals surface area contributed by atoms with Crippen molar-refractivity contribution in [2.75, 3.05) is 10.5 Å². The highest BCUT2D eigenvalue weighted by Gasteiger charge is 2.13. The van der Waals surface area contributed by atoms with Gasteiger partial charge in [0.1, 0.15) is 0 Å². The number of benzene rings is 1. The molecular formula is C11H14ClNO2S. The minimum absolute atomic E-state index is 0.167. The number of hydrogen-bond donors (Lipinski definition) is 1. The van der Waals surface area contributed by atoms with Crippen LogP contribution in [0.1, 0.15) is 24.2 Å². The summed E-state index contributed by atoms with van der Waals surface area (Å²) in [7, 11) is -2.41. The fourth-order valence-corrected chi connectivity index (χ4v) is 2.26. The molecule has 88 valence electrons. The van der Waals surface area contributed by atoms with Crippen LogP contribution in [0.5, 0.6) is 0 Å². The van der Waals surface area contributed by atoms with Crippen LogP contribution in [-0.2, 0) is 9.71 Å². The smallest absolute Gasteiger partial charge is 0.163 e. The lowest BCUT2D eigenvalue weighted by atomic mass is 10.1. The van der Waals surface area contributed by atoms with Gasteiger partial charge in [0, 0.05) is 15.5 Å². The van der Waals surface area contributed by atoms with Gasteiger partial charge < -0.3 is 4.72 Å². The van der Waals surface area contributed by atoms with E-state index >= 15 is 0 Å². The van der Waals surface area contributed by atoms with Gasteiger partial charge in [0.05, 0.1) is 16.3 Å². The van der Waals surface area contributed by atoms with E-state index in [1.165, 1.54) is 6.92 Å². The molecular weight excluding hydrogens is 246 g/mol. The zero-order valence-electron chi connectivity index (χ0n) is 9.25. The lowest BCUT2D eigenvalue weighted by Gasteiger charge is -2.14. The van der Waals surface area contributed by atoms with Crippen molar-refractivity contribution in [1.82, 2.24) is 0 Å². The summed E-state index contributed by atoms with van der Waals surface area (Å²) in [6.07, 6.45) is 0. The maximum Gasteiger partial charge on any atom is 0.163 e. The number of carbonyl (C=O) groups excluding carboxylic acids is 1. The van der Waals surface area contributed by atoms with Gasteiger partial charge in [0.15, 0.2) is 5.78 Å². The average Bonchev–Trinajstić information content (AvgIpc) is 2.16. The molecule has 1 aromatic carbocycles. The van der Waals surface area contributed by atoms with Crippen LogP contribution in [0.25, 0.3) is 0 Å². The summed E-state index contributed by atoms with van der Waals surface area (Å²) in [5, 5.41) is 0.351. The molecule has 0 aromatic heterocycles. The van der Waals surface area contributed by atoms with E-state index in [4.69, 9.17) is 11.6 Å². The molecule has 0 aliphatic heterocycles. The van der Waals surface area contributed by atoms with Gasteiger partial charge in [0.2, 0.25) is 0 Å². The van der Waals surface area contributed by atoms with Gasteiger partial charge in [-0.25, -0.2) is 4.21 Å². The van der Waals surface area contributed by atoms with E-state index < -0.39 is 9.71 Å². The van der Waals surface area contributed by atoms with Gasteiger partial charge in [-0.1, -0.05) is 24.6 Å². The van der Waals surface area contributed by atoms with Crippen LogP contribution in [0.4, 0.5) is 5.69 Å². The molecule has 0 saturated heterocycles. The summed E-state index contributed by atoms with van der Waals surface area (Å²) >= 11 is 5.92. The Balaban J connectivity index is 3.25. The first-order chi connectivity index (χ1) is 7.37. The van der Waals surface area contributed by atoms with Gasteiger partial charge in [-0.05, 0) is 24.9 Å². The summed E-state index contributed by atoms with van der Waals surface area (Å²) in [4.78, 5) is 11.4. The van der Waals surface area contributed by atoms with Gasteiger partial charge in [-0.2, -0.15) is 0 Å². The second-order valence-corrected chi connectivity index (χ2v) is 6.23. The van der Waals surface area contributed by atoms with E-state index in [2.05, 4.69) is 10.6 Å². The van der Waals surface area contributed by atoms with E-state index in [0.717, 1.165) is 0 Å². The third-order valence-corrected chi connectivity index (χ3v) is 3.97. The van der Waals surface area contributed by atoms with Crippen LogP contribution >= 0.6 is 11.6 Å². The third kappa shape index (κ3) is 3.00. The maximum atomic E-state index is 11.8. The molecule has 1 atom stereocenters. The number of Topliss-reactive ketones (excluding diaryl/α,β-unsaturated/α-hetero) is 1. The summed E-state index contributed by atoms with van der Waals surface area (Å²) in [6, 6.07) is 4.99. The minimum Gasteiger partial charge on any atom is -0.312 e. The summed E-state index contributed by atoms with van der Waals surface area (Å²) in [6.45, 7) is 3.18. The van der Waals surface area contributed by atoms with E-state index in [1.807, 2.05) is 0 Å². The first-order valence-corrected chi connectivity index (χ1v) is 7.07. The molecule has 1 rings (SSSR count). The molecule has 0 heterocycles. The van der Waals surface area contributed by atoms with Crippen molar-refractivity contribution in [3.63, 3.8) is 0 Å². The quantitative estimate of drug-likeness (QED) is 0.667. The monoisotopic (exact) mass is 259 g/mol. The summed E-state index contributed by atoms with van der Waals surface area (Å²) in [5.41, 5.74) is 0.829. The molecule has 3 nitrogen and oxygen atoms in total. The summed E-state index contributed by atoms with van der Waals surface area (Å²) < 4.78 is 14.6. The first-order valence-electron chi connectivity index (χ1n) is 4.79. The molecule has 0 saturated carbocycles. The van der Waals surface area contributed by atoms with Crippen LogP contribution in [0.2, 0.25) is 5.02 Å². The maximum absolute atomic E-state index is 11.8. The highest BCUT2D eigenvalue weighted by molar-refractivity contribution is 8.01. The van der Waals surface area contributed by atoms with Crippen molar-refractivity contribution in [3.8, 4) is 0 Å². The fraction of sp³-hybridized carbons (Fsp3) is 0.273. The lowest BCUT2D eigenvalue weighted by molar-refractivity contribution is 0.101. The number of halogens is 1. The first kappa shape index (κ1) is 13.1. The Labute approximate surface area is 101 Å². The van der Waals surface area contributed by atoms with Crippen LogP contribution in [0.15, 0.2) is 18.2 Å². The Bertz CT molecular complexity index is 509. The number of ketones is 1. The standard InChI is InChI=1S/C11H14ClNO2S/c1-4-16(3,15)13-10-7-5-6-9(12)11(10)8(2)14/h5-7H,3-4H2,1-2H3,(H,13,15). The molecule has 0 spiro atoms. The minimum atomic E-state index is -2.41. The van der Waals surface area contributed by atoms with Crippen LogP contribution < -0.4 is 4.72 Å². The van der Waals surface area contributed by atoms with E-state index in [9.17, 15) is 9.00 Å². The SMILES string of the molecule is C=S(=O)(CC)Nc1cccc(Cl)c1C(C)=O. The number of nitrogens with one attached hydrogen (secondary N) is 1. The highest BCUT2D eigenvalue weighted by atomic mass is 35.5. The van der Waals surface area contributed by atoms with Crippen LogP contribution in [0, 0.1) is 0 Å². The van der Waals surface area contributed by atoms with Crippen LogP contribution in [0.3, 0.4) is 0 Å². The van der Waals surface area contributed by atoms with E-state index in [0.29, 0.717) is 22.0 Å². The van der Waals surface area contributed by atoms with Crippen molar-refractivity contribution >= 4 is 38.6 Å². The molecule has 0 aliphatic carbocycles. The Morgan fingerprint density at radius 3 is 2.69 bits per heavy atom. The molecule has 0 aliphatic rings. The highest BCUT2D eigenvalue weighted by Crippen LogP contribution is 2.25. The Hall–Kier alpha value is -1.00. The number of hydrogen-bond acceptors (Lipinski definition) is 2. The zero-order chi connectivity index (χ0) is 12.3. The molecule has 0 bridgehead atoms. The third-order valence-electron chi connectivity index (χ3n) is 2.13. The summed E-state index contributed by atoms with van der Waals surface area (Å²) in [5.74, 6) is 3.79. The second-order valence-electron chi connectivity index (χ2n) is 3.42. The topological polar surface area (TPSA) is 46.2 Å². The Morgan fingerprint density at radius 1 is 1.56 bits per heavy atom. The largest absolute Gasteiger partial charge is 0.312 e. The molecule has 5 heteroatoms. The average molecular weight is 260 g/mol. The molecule has 0 fully saturated rings. The second kappa shape index (κ2) is 4.89. The van der Waals surface area contributed by atoms with Crippen LogP contribution in [-0.4, -0.2) is 21.6 Å². The predicted octanol–water partition coefficient (Wildman–Crippen LogP) is 2.61. The van der Waals surface area contributed by atoms with Gasteiger partial charge in [-0.3, -0.25) is 4.79 Å². The normalized spacial score (nSPS) is 14.2. The fourth-order valence-electron chi connectivity index (χ4n) is 1.24. The van der Waals surface area contributed by atoms with Crippen molar-refractivity contribution in [1.29, 1.82) is 0 Å². The molecule has 1 unspecified atom stereocenters. The van der Waals surface area contributed by atoms with Crippen molar-refractivity contribution in [2.24, 2.45) is 0 Å². The number of carbonyl (C=O) groups is 1. The molecule has 0 radical (unpaired) electrons. The van der Waals surface area contributed by atoms with Gasteiger partial charge in [-0.15, -0.1) is 0 Å².